The minimum absolute atomic E-state index is 0.107. The van der Waals surface area contributed by atoms with Crippen LogP contribution in [0.3, 0.4) is 0 Å². The molecule has 0 aromatic heterocycles. The lowest BCUT2D eigenvalue weighted by Gasteiger charge is -2.20. The highest BCUT2D eigenvalue weighted by molar-refractivity contribution is 7.99. The molecule has 0 amide bonds. The van der Waals surface area contributed by atoms with Gasteiger partial charge in [-0.05, 0) is 41.4 Å². The standard InChI is InChI=1S/C21H26O5S/c22-19(23)14-21(26,20(24)25)15-27-13-6-2-1-3-8-16-10-7-11-17-9-4-5-12-18(16)17/h4-5,7,9-12,26H,1-3,6,8,13-15H2,(H,22,23)(H,24,25). The SMILES string of the molecule is O=C(O)CC(O)(CSCCCCCCc1cccc2ccccc12)C(=O)O. The van der Waals surface area contributed by atoms with Crippen molar-refractivity contribution in [3.63, 3.8) is 0 Å². The number of unbranched alkanes of at least 4 members (excludes halogenated alkanes) is 3. The zero-order valence-corrected chi connectivity index (χ0v) is 16.1. The van der Waals surface area contributed by atoms with Crippen molar-refractivity contribution in [2.24, 2.45) is 0 Å². The molecule has 5 nitrogen and oxygen atoms in total. The van der Waals surface area contributed by atoms with Gasteiger partial charge in [-0.2, -0.15) is 11.8 Å². The molecule has 0 bridgehead atoms. The van der Waals surface area contributed by atoms with Gasteiger partial charge in [-0.3, -0.25) is 4.79 Å². The van der Waals surface area contributed by atoms with Gasteiger partial charge in [0.25, 0.3) is 0 Å². The predicted octanol–water partition coefficient (Wildman–Crippen LogP) is 3.97. The van der Waals surface area contributed by atoms with Crippen molar-refractivity contribution in [2.45, 2.75) is 44.1 Å². The van der Waals surface area contributed by atoms with E-state index in [-0.39, 0.29) is 5.75 Å². The summed E-state index contributed by atoms with van der Waals surface area (Å²) < 4.78 is 0. The summed E-state index contributed by atoms with van der Waals surface area (Å²) in [5.41, 5.74) is -0.826. The molecule has 1 unspecified atom stereocenters. The number of benzene rings is 2. The maximum absolute atomic E-state index is 11.1. The molecule has 2 aromatic rings. The smallest absolute Gasteiger partial charge is 0.337 e. The van der Waals surface area contributed by atoms with E-state index in [1.807, 2.05) is 6.07 Å². The van der Waals surface area contributed by atoms with Crippen molar-refractivity contribution < 1.29 is 24.9 Å². The van der Waals surface area contributed by atoms with Crippen LogP contribution >= 0.6 is 11.8 Å². The van der Waals surface area contributed by atoms with Crippen LogP contribution in [0.1, 0.15) is 37.7 Å². The molecule has 0 saturated heterocycles. The van der Waals surface area contributed by atoms with Gasteiger partial charge in [0.05, 0.1) is 6.42 Å². The van der Waals surface area contributed by atoms with Crippen LogP contribution in [0.25, 0.3) is 10.8 Å². The second kappa shape index (κ2) is 10.3. The molecule has 0 fully saturated rings. The number of thioether (sulfide) groups is 1. The zero-order valence-electron chi connectivity index (χ0n) is 15.3. The van der Waals surface area contributed by atoms with Crippen molar-refractivity contribution in [1.29, 1.82) is 0 Å². The largest absolute Gasteiger partial charge is 0.481 e. The summed E-state index contributed by atoms with van der Waals surface area (Å²) in [5.74, 6) is -2.19. The summed E-state index contributed by atoms with van der Waals surface area (Å²) in [6.07, 6.45) is 4.39. The van der Waals surface area contributed by atoms with Gasteiger partial charge in [-0.1, -0.05) is 55.3 Å². The highest BCUT2D eigenvalue weighted by Gasteiger charge is 2.38. The molecular formula is C21H26O5S. The Morgan fingerprint density at radius 1 is 0.926 bits per heavy atom. The number of rotatable bonds is 12. The highest BCUT2D eigenvalue weighted by Crippen LogP contribution is 2.22. The Labute approximate surface area is 163 Å². The second-order valence-corrected chi connectivity index (χ2v) is 7.87. The molecule has 2 rings (SSSR count). The Hall–Kier alpha value is -2.05. The molecule has 6 heteroatoms. The van der Waals surface area contributed by atoms with Gasteiger partial charge in [-0.25, -0.2) is 4.79 Å². The van der Waals surface area contributed by atoms with Gasteiger partial charge in [0.2, 0.25) is 0 Å². The average Bonchev–Trinajstić information content (AvgIpc) is 2.63. The summed E-state index contributed by atoms with van der Waals surface area (Å²) in [7, 11) is 0. The predicted molar refractivity (Wildman–Crippen MR) is 108 cm³/mol. The van der Waals surface area contributed by atoms with E-state index < -0.39 is 24.0 Å². The Kier molecular flexibility index (Phi) is 8.13. The summed E-state index contributed by atoms with van der Waals surface area (Å²) in [5, 5.41) is 30.2. The molecule has 0 aliphatic rings. The first-order chi connectivity index (χ1) is 12.9. The van der Waals surface area contributed by atoms with Crippen molar-refractivity contribution >= 4 is 34.5 Å². The summed E-state index contributed by atoms with van der Waals surface area (Å²) in [4.78, 5) is 21.8. The molecule has 3 N–H and O–H groups in total. The molecular weight excluding hydrogens is 364 g/mol. The van der Waals surface area contributed by atoms with Crippen molar-refractivity contribution in [1.82, 2.24) is 0 Å². The summed E-state index contributed by atoms with van der Waals surface area (Å²) in [6, 6.07) is 14.8. The van der Waals surface area contributed by atoms with E-state index in [4.69, 9.17) is 10.2 Å². The van der Waals surface area contributed by atoms with Crippen LogP contribution in [0.4, 0.5) is 0 Å². The van der Waals surface area contributed by atoms with Gasteiger partial charge < -0.3 is 15.3 Å². The van der Waals surface area contributed by atoms with Crippen LogP contribution in [0, 0.1) is 0 Å². The van der Waals surface area contributed by atoms with Crippen LogP contribution in [-0.2, 0) is 16.0 Å². The Morgan fingerprint density at radius 2 is 1.63 bits per heavy atom. The van der Waals surface area contributed by atoms with Crippen LogP contribution in [0.5, 0.6) is 0 Å². The monoisotopic (exact) mass is 390 g/mol. The minimum Gasteiger partial charge on any atom is -0.481 e. The van der Waals surface area contributed by atoms with Crippen LogP contribution < -0.4 is 0 Å². The van der Waals surface area contributed by atoms with Gasteiger partial charge in [0.15, 0.2) is 5.60 Å². The van der Waals surface area contributed by atoms with Gasteiger partial charge in [0.1, 0.15) is 0 Å². The third-order valence-electron chi connectivity index (χ3n) is 4.55. The fourth-order valence-electron chi connectivity index (χ4n) is 3.06. The van der Waals surface area contributed by atoms with Gasteiger partial charge >= 0.3 is 11.9 Å². The van der Waals surface area contributed by atoms with E-state index in [0.29, 0.717) is 5.75 Å². The number of fused-ring (bicyclic) bond motifs is 1. The van der Waals surface area contributed by atoms with E-state index in [1.165, 1.54) is 28.1 Å². The van der Waals surface area contributed by atoms with Crippen LogP contribution in [0.2, 0.25) is 0 Å². The molecule has 27 heavy (non-hydrogen) atoms. The zero-order chi connectivity index (χ0) is 19.7. The third-order valence-corrected chi connectivity index (χ3v) is 5.81. The number of hydrogen-bond donors (Lipinski definition) is 3. The Bertz CT molecular complexity index is 771. The lowest BCUT2D eigenvalue weighted by Crippen LogP contribution is -2.43. The quantitative estimate of drug-likeness (QED) is 0.475. The maximum Gasteiger partial charge on any atom is 0.337 e. The highest BCUT2D eigenvalue weighted by atomic mass is 32.2. The molecule has 0 radical (unpaired) electrons. The number of aliphatic hydroxyl groups is 1. The van der Waals surface area contributed by atoms with Crippen LogP contribution in [0.15, 0.2) is 42.5 Å². The number of aliphatic carboxylic acids is 2. The topological polar surface area (TPSA) is 94.8 Å². The van der Waals surface area contributed by atoms with E-state index >= 15 is 0 Å². The molecule has 0 heterocycles. The van der Waals surface area contributed by atoms with Gasteiger partial charge in [-0.15, -0.1) is 0 Å². The Morgan fingerprint density at radius 3 is 2.37 bits per heavy atom. The molecule has 0 saturated carbocycles. The van der Waals surface area contributed by atoms with Gasteiger partial charge in [0, 0.05) is 5.75 Å². The van der Waals surface area contributed by atoms with E-state index in [9.17, 15) is 14.7 Å². The summed E-state index contributed by atoms with van der Waals surface area (Å²) >= 11 is 1.29. The molecule has 0 aliphatic carbocycles. The minimum atomic E-state index is -2.19. The fourth-order valence-corrected chi connectivity index (χ4v) is 4.18. The molecule has 146 valence electrons. The number of carboxylic acid groups (broad SMARTS) is 2. The molecule has 0 spiro atoms. The molecule has 0 aliphatic heterocycles. The first kappa shape index (κ1) is 21.3. The number of carboxylic acids is 2. The van der Waals surface area contributed by atoms with E-state index in [1.54, 1.807) is 0 Å². The summed E-state index contributed by atoms with van der Waals surface area (Å²) in [6.45, 7) is 0. The van der Waals surface area contributed by atoms with Crippen molar-refractivity contribution in [2.75, 3.05) is 11.5 Å². The van der Waals surface area contributed by atoms with E-state index in [2.05, 4.69) is 36.4 Å². The Balaban J connectivity index is 1.65. The third kappa shape index (κ3) is 6.56. The second-order valence-electron chi connectivity index (χ2n) is 6.76. The van der Waals surface area contributed by atoms with E-state index in [0.717, 1.165) is 32.1 Å². The number of hydrogen-bond acceptors (Lipinski definition) is 4. The average molecular weight is 391 g/mol. The fraction of sp³-hybridized carbons (Fsp3) is 0.429. The number of carbonyl (C=O) groups is 2. The lowest BCUT2D eigenvalue weighted by molar-refractivity contribution is -0.162. The normalized spacial score (nSPS) is 13.4. The molecule has 2 aromatic carbocycles. The molecule has 1 atom stereocenters. The lowest BCUT2D eigenvalue weighted by atomic mass is 9.99. The van der Waals surface area contributed by atoms with Crippen molar-refractivity contribution in [3.8, 4) is 0 Å². The maximum atomic E-state index is 11.1. The number of aryl methyl sites for hydroxylation is 1. The first-order valence-corrected chi connectivity index (χ1v) is 10.3. The first-order valence-electron chi connectivity index (χ1n) is 9.14. The van der Waals surface area contributed by atoms with Crippen molar-refractivity contribution in [3.05, 3.63) is 48.0 Å². The van der Waals surface area contributed by atoms with Crippen LogP contribution in [-0.4, -0.2) is 44.4 Å².